The van der Waals surface area contributed by atoms with E-state index in [1.54, 1.807) is 18.2 Å². The molecule has 2 nitrogen and oxygen atoms in total. The molecule has 1 heterocycles. The first-order chi connectivity index (χ1) is 13.6. The van der Waals surface area contributed by atoms with E-state index in [9.17, 15) is 17.6 Å². The van der Waals surface area contributed by atoms with Crippen molar-refractivity contribution >= 4 is 0 Å². The van der Waals surface area contributed by atoms with E-state index in [2.05, 4.69) is 30.7 Å². The van der Waals surface area contributed by atoms with Gasteiger partial charge in [-0.1, -0.05) is 18.2 Å². The van der Waals surface area contributed by atoms with Gasteiger partial charge < -0.3 is 0 Å². The molecule has 0 unspecified atom stereocenters. The second-order valence-electron chi connectivity index (χ2n) is 8.90. The van der Waals surface area contributed by atoms with Crippen molar-refractivity contribution in [3.63, 3.8) is 0 Å². The van der Waals surface area contributed by atoms with E-state index < -0.39 is 11.7 Å². The van der Waals surface area contributed by atoms with E-state index in [4.69, 9.17) is 0 Å². The number of alkyl halides is 3. The van der Waals surface area contributed by atoms with Gasteiger partial charge >= 0.3 is 6.18 Å². The minimum absolute atomic E-state index is 0.0272. The Kier molecular flexibility index (Phi) is 4.98. The minimum atomic E-state index is -4.37. The van der Waals surface area contributed by atoms with E-state index in [1.807, 2.05) is 0 Å². The van der Waals surface area contributed by atoms with Crippen LogP contribution in [0.1, 0.15) is 54.5 Å². The largest absolute Gasteiger partial charge is 0.416 e. The predicted octanol–water partition coefficient (Wildman–Crippen LogP) is 5.45. The van der Waals surface area contributed by atoms with Gasteiger partial charge in [-0.15, -0.1) is 0 Å². The van der Waals surface area contributed by atoms with Crippen LogP contribution in [0.4, 0.5) is 17.6 Å². The van der Waals surface area contributed by atoms with Gasteiger partial charge in [-0.3, -0.25) is 9.80 Å². The van der Waals surface area contributed by atoms with Crippen LogP contribution in [-0.2, 0) is 6.18 Å². The molecule has 156 valence electrons. The first-order valence-electron chi connectivity index (χ1n) is 9.98. The molecule has 29 heavy (non-hydrogen) atoms. The van der Waals surface area contributed by atoms with Crippen molar-refractivity contribution in [2.45, 2.75) is 43.9 Å². The van der Waals surface area contributed by atoms with Crippen molar-refractivity contribution in [2.75, 3.05) is 26.7 Å². The van der Waals surface area contributed by atoms with Gasteiger partial charge in [-0.25, -0.2) is 4.39 Å². The van der Waals surface area contributed by atoms with Crippen molar-refractivity contribution in [1.29, 1.82) is 0 Å². The van der Waals surface area contributed by atoms with Crippen LogP contribution in [0.3, 0.4) is 0 Å². The van der Waals surface area contributed by atoms with Crippen molar-refractivity contribution in [2.24, 2.45) is 0 Å². The zero-order chi connectivity index (χ0) is 21.0. The number of fused-ring (bicyclic) bond motifs is 1. The molecule has 0 aromatic heterocycles. The molecule has 0 saturated carbocycles. The Bertz CT molecular complexity index is 889. The molecule has 0 N–H and O–H groups in total. The molecule has 1 aliphatic carbocycles. The van der Waals surface area contributed by atoms with Crippen molar-refractivity contribution < 1.29 is 17.6 Å². The Morgan fingerprint density at radius 2 is 1.66 bits per heavy atom. The molecule has 1 fully saturated rings. The number of piperazine rings is 1. The Labute approximate surface area is 169 Å². The van der Waals surface area contributed by atoms with Gasteiger partial charge in [-0.2, -0.15) is 13.2 Å². The van der Waals surface area contributed by atoms with Crippen LogP contribution in [0.5, 0.6) is 0 Å². The molecular weight excluding hydrogens is 380 g/mol. The number of likely N-dealkylation sites (N-methyl/N-ethyl adjacent to an activating group) is 1. The fourth-order valence-corrected chi connectivity index (χ4v) is 4.73. The zero-order valence-corrected chi connectivity index (χ0v) is 16.9. The molecule has 2 atom stereocenters. The fraction of sp³-hybridized carbons (Fsp3) is 0.478. The van der Waals surface area contributed by atoms with Crippen LogP contribution in [-0.4, -0.2) is 42.0 Å². The molecule has 6 heteroatoms. The van der Waals surface area contributed by atoms with Gasteiger partial charge in [0.1, 0.15) is 5.82 Å². The summed E-state index contributed by atoms with van der Waals surface area (Å²) in [5.74, 6) is -0.336. The quantitative estimate of drug-likeness (QED) is 0.612. The van der Waals surface area contributed by atoms with Gasteiger partial charge in [0.05, 0.1) is 5.56 Å². The molecule has 4 rings (SSSR count). The van der Waals surface area contributed by atoms with Crippen LogP contribution in [0.15, 0.2) is 42.5 Å². The third kappa shape index (κ3) is 3.80. The lowest BCUT2D eigenvalue weighted by Gasteiger charge is -2.47. The highest BCUT2D eigenvalue weighted by molar-refractivity contribution is 5.47. The highest BCUT2D eigenvalue weighted by Crippen LogP contribution is 2.49. The van der Waals surface area contributed by atoms with Crippen molar-refractivity contribution in [1.82, 2.24) is 9.80 Å². The summed E-state index contributed by atoms with van der Waals surface area (Å²) in [5, 5.41) is 0. The summed E-state index contributed by atoms with van der Waals surface area (Å²) < 4.78 is 53.6. The molecule has 1 saturated heterocycles. The molecule has 0 spiro atoms. The third-order valence-corrected chi connectivity index (χ3v) is 6.67. The van der Waals surface area contributed by atoms with E-state index in [1.165, 1.54) is 24.3 Å². The van der Waals surface area contributed by atoms with Gasteiger partial charge in [0.15, 0.2) is 0 Å². The Morgan fingerprint density at radius 3 is 2.28 bits per heavy atom. The molecule has 2 aromatic carbocycles. The Morgan fingerprint density at radius 1 is 0.966 bits per heavy atom. The second kappa shape index (κ2) is 7.10. The zero-order valence-electron chi connectivity index (χ0n) is 16.9. The molecule has 0 amide bonds. The maximum absolute atomic E-state index is 13.4. The summed E-state index contributed by atoms with van der Waals surface area (Å²) in [5.41, 5.74) is 1.98. The van der Waals surface area contributed by atoms with Crippen LogP contribution < -0.4 is 0 Å². The smallest absolute Gasteiger partial charge is 0.299 e. The standard InChI is InChI=1S/C23H26F4N2/c1-22(2)14-29(11-10-28(22)3)21-13-19(15-4-7-17(24)8-5-15)18-9-6-16(12-20(18)21)23(25,26)27/h4-9,12,19,21H,10-11,13-14H2,1-3H3/t19-,21+/m1/s1. The first-order valence-corrected chi connectivity index (χ1v) is 9.98. The summed E-state index contributed by atoms with van der Waals surface area (Å²) >= 11 is 0. The van der Waals surface area contributed by atoms with Gasteiger partial charge in [0, 0.05) is 37.1 Å². The van der Waals surface area contributed by atoms with Gasteiger partial charge in [0.25, 0.3) is 0 Å². The van der Waals surface area contributed by atoms with E-state index in [-0.39, 0.29) is 23.3 Å². The van der Waals surface area contributed by atoms with Crippen molar-refractivity contribution in [3.05, 3.63) is 70.5 Å². The number of hydrogen-bond donors (Lipinski definition) is 0. The minimum Gasteiger partial charge on any atom is -0.299 e. The summed E-state index contributed by atoms with van der Waals surface area (Å²) in [7, 11) is 2.09. The van der Waals surface area contributed by atoms with Crippen molar-refractivity contribution in [3.8, 4) is 0 Å². The number of benzene rings is 2. The molecule has 0 bridgehead atoms. The summed E-state index contributed by atoms with van der Waals surface area (Å²) in [6.07, 6.45) is -3.66. The monoisotopic (exact) mass is 406 g/mol. The molecule has 0 radical (unpaired) electrons. The number of rotatable bonds is 2. The first kappa shape index (κ1) is 20.4. The number of hydrogen-bond acceptors (Lipinski definition) is 2. The summed E-state index contributed by atoms with van der Waals surface area (Å²) in [4.78, 5) is 4.62. The predicted molar refractivity (Wildman–Crippen MR) is 105 cm³/mol. The average molecular weight is 406 g/mol. The van der Waals surface area contributed by atoms with Crippen LogP contribution in [0.2, 0.25) is 0 Å². The van der Waals surface area contributed by atoms with E-state index >= 15 is 0 Å². The lowest BCUT2D eigenvalue weighted by Crippen LogP contribution is -2.58. The molecular formula is C23H26F4N2. The van der Waals surface area contributed by atoms with Crippen LogP contribution >= 0.6 is 0 Å². The maximum Gasteiger partial charge on any atom is 0.416 e. The van der Waals surface area contributed by atoms with Gasteiger partial charge in [0.2, 0.25) is 0 Å². The molecule has 2 aromatic rings. The number of nitrogens with zero attached hydrogens (tertiary/aromatic N) is 2. The van der Waals surface area contributed by atoms with Gasteiger partial charge in [-0.05, 0) is 68.3 Å². The Hall–Kier alpha value is -1.92. The van der Waals surface area contributed by atoms with E-state index in [0.29, 0.717) is 6.42 Å². The molecule has 1 aliphatic heterocycles. The summed E-state index contributed by atoms with van der Waals surface area (Å²) in [6, 6.07) is 10.4. The Balaban J connectivity index is 1.74. The number of halogens is 4. The second-order valence-corrected chi connectivity index (χ2v) is 8.90. The maximum atomic E-state index is 13.4. The third-order valence-electron chi connectivity index (χ3n) is 6.67. The lowest BCUT2D eigenvalue weighted by atomic mass is 9.92. The molecule has 2 aliphatic rings. The SMILES string of the molecule is CN1CCN([C@H]2C[C@H](c3ccc(F)cc3)c3ccc(C(F)(F)F)cc32)CC1(C)C. The van der Waals surface area contributed by atoms with E-state index in [0.717, 1.165) is 36.3 Å². The lowest BCUT2D eigenvalue weighted by molar-refractivity contribution is -0.137. The summed E-state index contributed by atoms with van der Waals surface area (Å²) in [6.45, 7) is 6.81. The highest BCUT2D eigenvalue weighted by Gasteiger charge is 2.42. The topological polar surface area (TPSA) is 6.48 Å². The van der Waals surface area contributed by atoms with Crippen LogP contribution in [0.25, 0.3) is 0 Å². The highest BCUT2D eigenvalue weighted by atomic mass is 19.4. The fourth-order valence-electron chi connectivity index (χ4n) is 4.73. The normalized spacial score (nSPS) is 25.2. The van der Waals surface area contributed by atoms with Crippen LogP contribution in [0, 0.1) is 5.82 Å². The average Bonchev–Trinajstić information content (AvgIpc) is 3.03.